The normalized spacial score (nSPS) is 11.4. The Bertz CT molecular complexity index is 726. The maximum Gasteiger partial charge on any atom is 0.260 e. The minimum Gasteiger partial charge on any atom is -0.507 e. The number of aryl methyl sites for hydroxylation is 1. The molecule has 1 aromatic heterocycles. The molecule has 0 aliphatic heterocycles. The van der Waals surface area contributed by atoms with Gasteiger partial charge < -0.3 is 21.4 Å². The zero-order valence-electron chi connectivity index (χ0n) is 10.9. The van der Waals surface area contributed by atoms with Gasteiger partial charge in [0.15, 0.2) is 5.84 Å². The molecule has 0 aliphatic carbocycles. The van der Waals surface area contributed by atoms with Crippen LogP contribution in [-0.4, -0.2) is 31.8 Å². The fourth-order valence-electron chi connectivity index (χ4n) is 1.69. The maximum atomic E-state index is 13.1. The molecule has 0 saturated heterocycles. The Hall–Kier alpha value is -3.10. The van der Waals surface area contributed by atoms with Crippen LogP contribution < -0.4 is 11.1 Å². The number of amides is 1. The molecule has 0 spiro atoms. The molecule has 0 fully saturated rings. The fourth-order valence-corrected chi connectivity index (χ4v) is 1.69. The second-order valence-electron chi connectivity index (χ2n) is 4.13. The van der Waals surface area contributed by atoms with Crippen molar-refractivity contribution in [3.8, 4) is 5.75 Å². The summed E-state index contributed by atoms with van der Waals surface area (Å²) in [5.41, 5.74) is 5.40. The summed E-state index contributed by atoms with van der Waals surface area (Å²) in [5.74, 6) is -1.91. The Morgan fingerprint density at radius 2 is 2.19 bits per heavy atom. The van der Waals surface area contributed by atoms with E-state index in [0.717, 1.165) is 18.2 Å². The van der Waals surface area contributed by atoms with E-state index in [-0.39, 0.29) is 28.5 Å². The molecular formula is C12H12FN5O3. The second-order valence-corrected chi connectivity index (χ2v) is 4.13. The van der Waals surface area contributed by atoms with Crippen LogP contribution >= 0.6 is 0 Å². The second kappa shape index (κ2) is 5.49. The van der Waals surface area contributed by atoms with Gasteiger partial charge in [-0.1, -0.05) is 5.16 Å². The monoisotopic (exact) mass is 293 g/mol. The predicted octanol–water partition coefficient (Wildman–Crippen LogP) is 0.612. The SMILES string of the molecule is Cn1ncc(/C(N)=N/O)c1NC(=O)c1cc(F)ccc1O. The van der Waals surface area contributed by atoms with Crippen LogP contribution in [0, 0.1) is 5.82 Å². The van der Waals surface area contributed by atoms with Crippen molar-refractivity contribution >= 4 is 17.6 Å². The summed E-state index contributed by atoms with van der Waals surface area (Å²) in [5, 5.41) is 27.4. The largest absolute Gasteiger partial charge is 0.507 e. The summed E-state index contributed by atoms with van der Waals surface area (Å²) in [6.07, 6.45) is 1.29. The number of carbonyl (C=O) groups excluding carboxylic acids is 1. The highest BCUT2D eigenvalue weighted by atomic mass is 19.1. The van der Waals surface area contributed by atoms with E-state index in [4.69, 9.17) is 10.9 Å². The number of anilines is 1. The molecule has 0 atom stereocenters. The van der Waals surface area contributed by atoms with Crippen molar-refractivity contribution in [2.24, 2.45) is 17.9 Å². The van der Waals surface area contributed by atoms with E-state index in [1.807, 2.05) is 0 Å². The maximum absolute atomic E-state index is 13.1. The van der Waals surface area contributed by atoms with Gasteiger partial charge in [0, 0.05) is 7.05 Å². The molecule has 8 nitrogen and oxygen atoms in total. The van der Waals surface area contributed by atoms with Gasteiger partial charge in [-0.2, -0.15) is 5.10 Å². The molecule has 21 heavy (non-hydrogen) atoms. The van der Waals surface area contributed by atoms with Crippen molar-refractivity contribution in [1.82, 2.24) is 9.78 Å². The number of phenolic OH excluding ortho intramolecular Hbond substituents is 1. The Labute approximate surface area is 118 Å². The summed E-state index contributed by atoms with van der Waals surface area (Å²) >= 11 is 0. The van der Waals surface area contributed by atoms with Gasteiger partial charge in [0.05, 0.1) is 17.3 Å². The van der Waals surface area contributed by atoms with Gasteiger partial charge in [-0.3, -0.25) is 9.48 Å². The fraction of sp³-hybridized carbons (Fsp3) is 0.0833. The quantitative estimate of drug-likeness (QED) is 0.285. The third-order valence-corrected chi connectivity index (χ3v) is 2.76. The first-order valence-corrected chi connectivity index (χ1v) is 5.73. The summed E-state index contributed by atoms with van der Waals surface area (Å²) < 4.78 is 14.4. The summed E-state index contributed by atoms with van der Waals surface area (Å²) in [4.78, 5) is 12.1. The molecule has 1 aromatic carbocycles. The number of nitrogens with two attached hydrogens (primary N) is 1. The molecule has 1 amide bonds. The minimum atomic E-state index is -0.761. The van der Waals surface area contributed by atoms with Gasteiger partial charge in [0.1, 0.15) is 17.4 Å². The van der Waals surface area contributed by atoms with Crippen LogP contribution in [0.15, 0.2) is 29.6 Å². The van der Waals surface area contributed by atoms with Gasteiger partial charge in [0.25, 0.3) is 5.91 Å². The highest BCUT2D eigenvalue weighted by Gasteiger charge is 2.18. The number of halogens is 1. The summed E-state index contributed by atoms with van der Waals surface area (Å²) in [6, 6.07) is 2.99. The molecule has 2 aromatic rings. The average molecular weight is 293 g/mol. The molecule has 0 saturated carbocycles. The molecule has 0 radical (unpaired) electrons. The van der Waals surface area contributed by atoms with E-state index in [1.165, 1.54) is 17.9 Å². The van der Waals surface area contributed by atoms with E-state index in [0.29, 0.717) is 0 Å². The Morgan fingerprint density at radius 3 is 2.86 bits per heavy atom. The van der Waals surface area contributed by atoms with Gasteiger partial charge in [-0.05, 0) is 18.2 Å². The number of carbonyl (C=O) groups is 1. The van der Waals surface area contributed by atoms with Crippen molar-refractivity contribution in [3.05, 3.63) is 41.3 Å². The van der Waals surface area contributed by atoms with Crippen LogP contribution in [0.1, 0.15) is 15.9 Å². The number of hydrogen-bond acceptors (Lipinski definition) is 5. The molecule has 9 heteroatoms. The molecule has 110 valence electrons. The molecule has 2 rings (SSSR count). The Kier molecular flexibility index (Phi) is 3.74. The van der Waals surface area contributed by atoms with Gasteiger partial charge in [0.2, 0.25) is 0 Å². The van der Waals surface area contributed by atoms with Crippen LogP contribution in [-0.2, 0) is 7.05 Å². The zero-order chi connectivity index (χ0) is 15.6. The summed E-state index contributed by atoms with van der Waals surface area (Å²) in [7, 11) is 1.52. The van der Waals surface area contributed by atoms with Crippen molar-refractivity contribution in [2.45, 2.75) is 0 Å². The lowest BCUT2D eigenvalue weighted by Gasteiger charge is -2.09. The van der Waals surface area contributed by atoms with Crippen molar-refractivity contribution in [1.29, 1.82) is 0 Å². The molecular weight excluding hydrogens is 281 g/mol. The minimum absolute atomic E-state index is 0.138. The van der Waals surface area contributed by atoms with Crippen molar-refractivity contribution in [3.63, 3.8) is 0 Å². The first kappa shape index (κ1) is 14.3. The number of aromatic nitrogens is 2. The number of nitrogens with zero attached hydrogens (tertiary/aromatic N) is 3. The van der Waals surface area contributed by atoms with E-state index in [9.17, 15) is 14.3 Å². The van der Waals surface area contributed by atoms with Crippen LogP contribution in [0.2, 0.25) is 0 Å². The van der Waals surface area contributed by atoms with Crippen LogP contribution in [0.3, 0.4) is 0 Å². The molecule has 0 aliphatic rings. The highest BCUT2D eigenvalue weighted by Crippen LogP contribution is 2.21. The molecule has 0 unspecified atom stereocenters. The number of hydrogen-bond donors (Lipinski definition) is 4. The lowest BCUT2D eigenvalue weighted by atomic mass is 10.2. The van der Waals surface area contributed by atoms with Crippen LogP contribution in [0.25, 0.3) is 0 Å². The molecule has 5 N–H and O–H groups in total. The number of amidine groups is 1. The number of phenols is 1. The number of nitrogens with one attached hydrogen (secondary N) is 1. The predicted molar refractivity (Wildman–Crippen MR) is 71.7 cm³/mol. The smallest absolute Gasteiger partial charge is 0.260 e. The topological polar surface area (TPSA) is 126 Å². The van der Waals surface area contributed by atoms with Crippen LogP contribution in [0.4, 0.5) is 10.2 Å². The first-order valence-electron chi connectivity index (χ1n) is 5.73. The first-order chi connectivity index (χ1) is 9.93. The van der Waals surface area contributed by atoms with E-state index < -0.39 is 11.7 Å². The average Bonchev–Trinajstić information content (AvgIpc) is 2.82. The standard InChI is InChI=1S/C12H12FN5O3/c1-18-11(8(5-15-18)10(14)17-21)16-12(20)7-4-6(13)2-3-9(7)19/h2-5,19,21H,1H3,(H2,14,17)(H,16,20). The highest BCUT2D eigenvalue weighted by molar-refractivity contribution is 6.10. The van der Waals surface area contributed by atoms with Crippen molar-refractivity contribution < 1.29 is 19.5 Å². The van der Waals surface area contributed by atoms with E-state index in [2.05, 4.69) is 15.6 Å². The van der Waals surface area contributed by atoms with E-state index in [1.54, 1.807) is 0 Å². The number of aromatic hydroxyl groups is 1. The third kappa shape index (κ3) is 2.76. The number of rotatable bonds is 3. The Morgan fingerprint density at radius 1 is 1.48 bits per heavy atom. The third-order valence-electron chi connectivity index (χ3n) is 2.76. The Balaban J connectivity index is 2.36. The summed E-state index contributed by atoms with van der Waals surface area (Å²) in [6.45, 7) is 0. The van der Waals surface area contributed by atoms with Crippen molar-refractivity contribution in [2.75, 3.05) is 5.32 Å². The number of benzene rings is 1. The lowest BCUT2D eigenvalue weighted by molar-refractivity contribution is 0.102. The molecule has 1 heterocycles. The van der Waals surface area contributed by atoms with Gasteiger partial charge in [-0.15, -0.1) is 0 Å². The lowest BCUT2D eigenvalue weighted by Crippen LogP contribution is -2.20. The van der Waals surface area contributed by atoms with Crippen LogP contribution in [0.5, 0.6) is 5.75 Å². The zero-order valence-corrected chi connectivity index (χ0v) is 10.9. The van der Waals surface area contributed by atoms with E-state index >= 15 is 0 Å². The van der Waals surface area contributed by atoms with Gasteiger partial charge in [-0.25, -0.2) is 4.39 Å². The number of oxime groups is 1. The molecule has 0 bridgehead atoms. The van der Waals surface area contributed by atoms with Gasteiger partial charge >= 0.3 is 0 Å².